The van der Waals surface area contributed by atoms with E-state index >= 15 is 0 Å². The number of anilines is 1. The van der Waals surface area contributed by atoms with Gasteiger partial charge in [-0.2, -0.15) is 0 Å². The molecule has 0 amide bonds. The number of rotatable bonds is 24. The standard InChI is InChI=1S/C56H67N9O6.Zn/c1-7-13-21-66-43-28-37-38(29-44(43)67-22-14-8-2)53-61-51(37)59-49-35-20-19-34(57)27-36(35)50(58-49)60-52-39-30-45(68-23-15-9-3)46(69-24-16-10-4)31-40(39)54(62-52)64-56-42-33-48(71-26-18-12-6)47(70-25-17-11-5)32-41(42)55(63-53)65-56;/h19-20,27-33H,7-18,21-26,57H2,1-6H3,(H2,58,59,60,61,62,63,64,65);/q;+2. The Morgan fingerprint density at radius 2 is 0.611 bits per heavy atom. The third-order valence-electron chi connectivity index (χ3n) is 12.6. The van der Waals surface area contributed by atoms with E-state index in [9.17, 15) is 0 Å². The van der Waals surface area contributed by atoms with E-state index in [1.807, 2.05) is 54.6 Å². The molecule has 7 aromatic rings. The molecule has 4 aromatic carbocycles. The van der Waals surface area contributed by atoms with Crippen LogP contribution in [0.15, 0.2) is 54.6 Å². The molecule has 72 heavy (non-hydrogen) atoms. The third kappa shape index (κ3) is 11.2. The SMILES string of the molecule is CCCCOc1cc2c(cc1OCCCC)-c1nc-2nc2[nH]c(nc3nc(nc4[nH]c(n1)c1cc(OCCCC)c(OCCCC)cc41)-c1cc(OCCCC)c(OCCCC)cc1-3)c1cc(N)ccc21.[Zn+2]. The molecule has 8 bridgehead atoms. The van der Waals surface area contributed by atoms with Crippen molar-refractivity contribution in [2.24, 2.45) is 0 Å². The van der Waals surface area contributed by atoms with Crippen LogP contribution in [0.1, 0.15) is 119 Å². The number of benzene rings is 4. The maximum absolute atomic E-state index is 6.48. The van der Waals surface area contributed by atoms with Crippen LogP contribution in [-0.2, 0) is 19.5 Å². The summed E-state index contributed by atoms with van der Waals surface area (Å²) in [6.07, 6.45) is 11.3. The van der Waals surface area contributed by atoms with E-state index < -0.39 is 0 Å². The van der Waals surface area contributed by atoms with Gasteiger partial charge in [0.2, 0.25) is 0 Å². The molecule has 16 heteroatoms. The van der Waals surface area contributed by atoms with Crippen molar-refractivity contribution in [1.82, 2.24) is 39.9 Å². The van der Waals surface area contributed by atoms with Crippen molar-refractivity contribution in [3.05, 3.63) is 54.6 Å². The van der Waals surface area contributed by atoms with E-state index in [2.05, 4.69) is 51.5 Å². The predicted octanol–water partition coefficient (Wildman–Crippen LogP) is 13.5. The molecule has 5 heterocycles. The van der Waals surface area contributed by atoms with Crippen molar-refractivity contribution in [1.29, 1.82) is 0 Å². The molecule has 0 fully saturated rings. The second-order valence-electron chi connectivity index (χ2n) is 18.2. The predicted molar refractivity (Wildman–Crippen MR) is 283 cm³/mol. The Kier molecular flexibility index (Phi) is 17.5. The molecule has 3 aromatic heterocycles. The van der Waals surface area contributed by atoms with Crippen molar-refractivity contribution in [3.8, 4) is 80.0 Å². The van der Waals surface area contributed by atoms with Crippen LogP contribution in [0.2, 0.25) is 0 Å². The number of nitrogens with one attached hydrogen (secondary N) is 2. The summed E-state index contributed by atoms with van der Waals surface area (Å²) in [7, 11) is 0. The van der Waals surface area contributed by atoms with Gasteiger partial charge in [-0.25, -0.2) is 29.9 Å². The zero-order valence-corrected chi connectivity index (χ0v) is 45.8. The van der Waals surface area contributed by atoms with E-state index in [0.29, 0.717) is 126 Å². The first kappa shape index (κ1) is 51.8. The Labute approximate surface area is 434 Å². The molecule has 0 radical (unpaired) electrons. The maximum Gasteiger partial charge on any atom is 2.00 e. The van der Waals surface area contributed by atoms with Crippen LogP contribution in [0, 0.1) is 0 Å². The summed E-state index contributed by atoms with van der Waals surface area (Å²) < 4.78 is 38.7. The molecule has 0 saturated heterocycles. The fourth-order valence-corrected chi connectivity index (χ4v) is 8.46. The first-order valence-corrected chi connectivity index (χ1v) is 25.9. The van der Waals surface area contributed by atoms with Crippen LogP contribution < -0.4 is 34.2 Å². The zero-order valence-electron chi connectivity index (χ0n) is 42.8. The number of ether oxygens (including phenoxy) is 6. The minimum absolute atomic E-state index is 0. The summed E-state index contributed by atoms with van der Waals surface area (Å²) in [5, 5.41) is 3.11. The number of nitrogens with zero attached hydrogens (tertiary/aromatic N) is 6. The fourth-order valence-electron chi connectivity index (χ4n) is 8.46. The summed E-state index contributed by atoms with van der Waals surface area (Å²) in [4.78, 5) is 38.9. The minimum atomic E-state index is 0. The van der Waals surface area contributed by atoms with Gasteiger partial charge in [0.15, 0.2) is 57.8 Å². The van der Waals surface area contributed by atoms with E-state index in [0.717, 1.165) is 121 Å². The molecule has 0 saturated carbocycles. The number of fused-ring (bicyclic) bond motifs is 20. The molecular formula is C56H67N9O6Zn+2. The minimum Gasteiger partial charge on any atom is -0.490 e. The van der Waals surface area contributed by atoms with Crippen LogP contribution in [0.25, 0.3) is 89.7 Å². The van der Waals surface area contributed by atoms with Gasteiger partial charge in [-0.1, -0.05) is 80.1 Å². The smallest absolute Gasteiger partial charge is 0.490 e. The van der Waals surface area contributed by atoms with Gasteiger partial charge in [-0.3, -0.25) is 0 Å². The molecule has 15 nitrogen and oxygen atoms in total. The summed E-state index contributed by atoms with van der Waals surface area (Å²) in [6.45, 7) is 16.1. The number of aromatic amines is 2. The van der Waals surface area contributed by atoms with E-state index in [1.54, 1.807) is 0 Å². The fraction of sp³-hybridized carbons (Fsp3) is 0.429. The van der Waals surface area contributed by atoms with Gasteiger partial charge in [-0.15, -0.1) is 0 Å². The molecular weight excluding hydrogens is 960 g/mol. The molecule has 0 unspecified atom stereocenters. The van der Waals surface area contributed by atoms with Gasteiger partial charge in [0.1, 0.15) is 22.6 Å². The maximum atomic E-state index is 6.48. The molecule has 2 aliphatic rings. The summed E-state index contributed by atoms with van der Waals surface area (Å²) in [5.74, 6) is 5.49. The van der Waals surface area contributed by atoms with Crippen molar-refractivity contribution in [2.45, 2.75) is 119 Å². The van der Waals surface area contributed by atoms with Crippen molar-refractivity contribution in [2.75, 3.05) is 45.4 Å². The van der Waals surface area contributed by atoms with Crippen molar-refractivity contribution in [3.63, 3.8) is 0 Å². The topological polar surface area (TPSA) is 190 Å². The second-order valence-corrected chi connectivity index (χ2v) is 18.2. The Bertz CT molecular complexity index is 3190. The molecule has 2 aliphatic heterocycles. The molecule has 4 N–H and O–H groups in total. The van der Waals surface area contributed by atoms with Gasteiger partial charge in [-0.05, 0) is 93.1 Å². The van der Waals surface area contributed by atoms with Crippen LogP contribution in [0.5, 0.6) is 34.5 Å². The molecule has 0 spiro atoms. The van der Waals surface area contributed by atoms with Gasteiger partial charge in [0, 0.05) is 49.5 Å². The number of nitrogen functional groups attached to an aromatic ring is 1. The normalized spacial score (nSPS) is 11.6. The van der Waals surface area contributed by atoms with Gasteiger partial charge in [0.05, 0.1) is 39.6 Å². The summed E-state index contributed by atoms with van der Waals surface area (Å²) in [5.41, 5.74) is 12.1. The number of hydrogen-bond donors (Lipinski definition) is 3. The Morgan fingerprint density at radius 3 is 0.903 bits per heavy atom. The number of nitrogens with two attached hydrogens (primary N) is 1. The number of hydrogen-bond acceptors (Lipinski definition) is 13. The quantitative estimate of drug-likeness (QED) is 0.0295. The molecule has 0 aliphatic carbocycles. The monoisotopic (exact) mass is 1030 g/mol. The van der Waals surface area contributed by atoms with Crippen LogP contribution in [0.4, 0.5) is 5.69 Å². The van der Waals surface area contributed by atoms with Crippen molar-refractivity contribution < 1.29 is 47.9 Å². The largest absolute Gasteiger partial charge is 2.00 e. The van der Waals surface area contributed by atoms with Gasteiger partial charge >= 0.3 is 19.5 Å². The van der Waals surface area contributed by atoms with E-state index in [1.165, 1.54) is 0 Å². The number of unbranched alkanes of at least 4 members (excludes halogenated alkanes) is 6. The first-order chi connectivity index (χ1) is 34.8. The van der Waals surface area contributed by atoms with Crippen LogP contribution in [-0.4, -0.2) is 79.5 Å². The first-order valence-electron chi connectivity index (χ1n) is 25.9. The average molecular weight is 1030 g/mol. The van der Waals surface area contributed by atoms with Crippen LogP contribution in [0.3, 0.4) is 0 Å². The Morgan fingerprint density at radius 1 is 0.347 bits per heavy atom. The van der Waals surface area contributed by atoms with Gasteiger partial charge in [0.25, 0.3) is 0 Å². The molecule has 9 rings (SSSR count). The van der Waals surface area contributed by atoms with Crippen molar-refractivity contribution >= 4 is 49.8 Å². The summed E-state index contributed by atoms with van der Waals surface area (Å²) in [6, 6.07) is 17.6. The number of aromatic nitrogens is 8. The Balaban J connectivity index is 0.00000693. The molecule has 0 atom stereocenters. The molecule has 372 valence electrons. The third-order valence-corrected chi connectivity index (χ3v) is 12.6. The second kappa shape index (κ2) is 24.3. The van der Waals surface area contributed by atoms with E-state index in [-0.39, 0.29) is 19.5 Å². The summed E-state index contributed by atoms with van der Waals surface area (Å²) >= 11 is 0. The zero-order chi connectivity index (χ0) is 49.3. The Hall–Kier alpha value is -6.54. The van der Waals surface area contributed by atoms with Gasteiger partial charge < -0.3 is 44.1 Å². The number of H-pyrrole nitrogens is 2. The van der Waals surface area contributed by atoms with Crippen LogP contribution >= 0.6 is 0 Å². The average Bonchev–Trinajstić information content (AvgIpc) is 4.09. The van der Waals surface area contributed by atoms with E-state index in [4.69, 9.17) is 64.1 Å².